The molecule has 0 spiro atoms. The molecule has 34 heavy (non-hydrogen) atoms. The molecule has 4 rings (SSSR count). The van der Waals surface area contributed by atoms with Gasteiger partial charge in [0, 0.05) is 25.5 Å². The fourth-order valence-electron chi connectivity index (χ4n) is 4.70. The van der Waals surface area contributed by atoms with Gasteiger partial charge in [-0.25, -0.2) is 9.59 Å². The maximum Gasteiger partial charge on any atom is 0.407 e. The Morgan fingerprint density at radius 1 is 1.06 bits per heavy atom. The predicted molar refractivity (Wildman–Crippen MR) is 125 cm³/mol. The number of carboxylic acids is 1. The lowest BCUT2D eigenvalue weighted by Crippen LogP contribution is -2.46. The number of hydrogen-bond donors (Lipinski definition) is 3. The third kappa shape index (κ3) is 5.22. The van der Waals surface area contributed by atoms with Crippen LogP contribution in [-0.2, 0) is 19.1 Å². The number of alkyl carbamates (subject to hydrolysis) is 1. The van der Waals surface area contributed by atoms with Crippen LogP contribution in [0.3, 0.4) is 0 Å². The Hall–Kier alpha value is -3.39. The number of ether oxygens (including phenoxy) is 2. The van der Waals surface area contributed by atoms with Crippen LogP contribution in [0, 0.1) is 5.41 Å². The second-order valence-corrected chi connectivity index (χ2v) is 9.61. The highest BCUT2D eigenvalue weighted by Crippen LogP contribution is 2.44. The standard InChI is InChI=1S/C26H30N2O6/c1-26(2,13-22(29)28-21-11-12-33-23(21)24(30)31)15-27-25(32)34-14-20-18-9-5-3-7-16(18)17-8-4-6-10-19(17)20/h3-10,20-21,23H,11-15H2,1-2H3,(H,27,32)(H,28,29)(H,30,31)/t21-,23+/m0/s1. The minimum absolute atomic E-state index is 0.0206. The topological polar surface area (TPSA) is 114 Å². The Labute approximate surface area is 198 Å². The van der Waals surface area contributed by atoms with Crippen molar-refractivity contribution >= 4 is 18.0 Å². The van der Waals surface area contributed by atoms with Gasteiger partial charge in [-0.3, -0.25) is 4.79 Å². The second kappa shape index (κ2) is 9.85. The summed E-state index contributed by atoms with van der Waals surface area (Å²) in [5.74, 6) is -1.38. The molecule has 1 aliphatic heterocycles. The number of carbonyl (C=O) groups is 3. The molecule has 3 N–H and O–H groups in total. The van der Waals surface area contributed by atoms with E-state index in [9.17, 15) is 19.5 Å². The molecule has 1 heterocycles. The Kier molecular flexibility index (Phi) is 6.88. The summed E-state index contributed by atoms with van der Waals surface area (Å²) in [6, 6.07) is 15.7. The molecular weight excluding hydrogens is 436 g/mol. The highest BCUT2D eigenvalue weighted by atomic mass is 16.5. The number of hydrogen-bond acceptors (Lipinski definition) is 5. The van der Waals surface area contributed by atoms with Gasteiger partial charge < -0.3 is 25.2 Å². The van der Waals surface area contributed by atoms with Gasteiger partial charge in [-0.2, -0.15) is 0 Å². The molecule has 2 amide bonds. The molecule has 2 aromatic carbocycles. The zero-order valence-electron chi connectivity index (χ0n) is 19.4. The van der Waals surface area contributed by atoms with Crippen molar-refractivity contribution in [3.8, 4) is 11.1 Å². The smallest absolute Gasteiger partial charge is 0.407 e. The molecule has 1 aliphatic carbocycles. The van der Waals surface area contributed by atoms with E-state index < -0.39 is 29.6 Å². The first-order valence-electron chi connectivity index (χ1n) is 11.5. The van der Waals surface area contributed by atoms with E-state index in [2.05, 4.69) is 34.9 Å². The zero-order chi connectivity index (χ0) is 24.3. The quantitative estimate of drug-likeness (QED) is 0.550. The van der Waals surface area contributed by atoms with E-state index >= 15 is 0 Å². The molecule has 2 atom stereocenters. The molecule has 8 heteroatoms. The number of carbonyl (C=O) groups excluding carboxylic acids is 2. The molecule has 0 bridgehead atoms. The average molecular weight is 467 g/mol. The molecule has 1 fully saturated rings. The van der Waals surface area contributed by atoms with Crippen molar-refractivity contribution in [2.75, 3.05) is 19.8 Å². The van der Waals surface area contributed by atoms with Gasteiger partial charge in [0.15, 0.2) is 6.10 Å². The molecule has 8 nitrogen and oxygen atoms in total. The van der Waals surface area contributed by atoms with Gasteiger partial charge in [0.25, 0.3) is 0 Å². The van der Waals surface area contributed by atoms with Gasteiger partial charge in [-0.05, 0) is 34.1 Å². The summed E-state index contributed by atoms with van der Waals surface area (Å²) in [7, 11) is 0. The maximum absolute atomic E-state index is 12.5. The lowest BCUT2D eigenvalue weighted by atomic mass is 9.88. The fraction of sp³-hybridized carbons (Fsp3) is 0.423. The number of nitrogens with one attached hydrogen (secondary N) is 2. The molecule has 0 saturated carbocycles. The van der Waals surface area contributed by atoms with Crippen LogP contribution in [-0.4, -0.2) is 55.0 Å². The third-order valence-corrected chi connectivity index (χ3v) is 6.38. The summed E-state index contributed by atoms with van der Waals surface area (Å²) < 4.78 is 10.7. The number of rotatable bonds is 8. The van der Waals surface area contributed by atoms with E-state index in [0.717, 1.165) is 22.3 Å². The highest BCUT2D eigenvalue weighted by molar-refractivity contribution is 5.80. The largest absolute Gasteiger partial charge is 0.479 e. The zero-order valence-corrected chi connectivity index (χ0v) is 19.4. The SMILES string of the molecule is CC(C)(CNC(=O)OCC1c2ccccc2-c2ccccc21)CC(=O)N[C@H]1CCO[C@H]1C(=O)O. The van der Waals surface area contributed by atoms with Gasteiger partial charge in [0.2, 0.25) is 5.91 Å². The van der Waals surface area contributed by atoms with Gasteiger partial charge in [-0.1, -0.05) is 62.4 Å². The van der Waals surface area contributed by atoms with Crippen molar-refractivity contribution in [1.82, 2.24) is 10.6 Å². The van der Waals surface area contributed by atoms with Crippen molar-refractivity contribution in [3.63, 3.8) is 0 Å². The third-order valence-electron chi connectivity index (χ3n) is 6.38. The lowest BCUT2D eigenvalue weighted by Gasteiger charge is -2.26. The van der Waals surface area contributed by atoms with E-state index in [-0.39, 0.29) is 31.4 Å². The van der Waals surface area contributed by atoms with Crippen molar-refractivity contribution in [1.29, 1.82) is 0 Å². The van der Waals surface area contributed by atoms with Crippen molar-refractivity contribution in [3.05, 3.63) is 59.7 Å². The highest BCUT2D eigenvalue weighted by Gasteiger charge is 2.36. The summed E-state index contributed by atoms with van der Waals surface area (Å²) in [5.41, 5.74) is 4.07. The molecular formula is C26H30N2O6. The molecule has 0 unspecified atom stereocenters. The maximum atomic E-state index is 12.5. The van der Waals surface area contributed by atoms with Gasteiger partial charge in [0.05, 0.1) is 6.04 Å². The number of amides is 2. The number of aliphatic carboxylic acids is 1. The van der Waals surface area contributed by atoms with Crippen LogP contribution < -0.4 is 10.6 Å². The van der Waals surface area contributed by atoms with Gasteiger partial charge in [-0.15, -0.1) is 0 Å². The lowest BCUT2D eigenvalue weighted by molar-refractivity contribution is -0.148. The molecule has 1 saturated heterocycles. The van der Waals surface area contributed by atoms with E-state index in [0.29, 0.717) is 13.0 Å². The van der Waals surface area contributed by atoms with Crippen LogP contribution in [0.1, 0.15) is 43.7 Å². The Morgan fingerprint density at radius 2 is 1.68 bits per heavy atom. The van der Waals surface area contributed by atoms with Crippen molar-refractivity contribution in [2.24, 2.45) is 5.41 Å². The first-order valence-corrected chi connectivity index (χ1v) is 11.5. The summed E-state index contributed by atoms with van der Waals surface area (Å²) in [4.78, 5) is 36.1. The monoisotopic (exact) mass is 466 g/mol. The fourth-order valence-corrected chi connectivity index (χ4v) is 4.70. The number of benzene rings is 2. The summed E-state index contributed by atoms with van der Waals surface area (Å²) in [6.07, 6.45) is -0.975. The average Bonchev–Trinajstić information content (AvgIpc) is 3.38. The van der Waals surface area contributed by atoms with Crippen LogP contribution in [0.25, 0.3) is 11.1 Å². The van der Waals surface area contributed by atoms with E-state index in [1.807, 2.05) is 38.1 Å². The first kappa shape index (κ1) is 23.8. The van der Waals surface area contributed by atoms with Crippen LogP contribution in [0.15, 0.2) is 48.5 Å². The molecule has 180 valence electrons. The Bertz CT molecular complexity index is 1040. The van der Waals surface area contributed by atoms with E-state index in [1.54, 1.807) is 0 Å². The molecule has 0 radical (unpaired) electrons. The normalized spacial score (nSPS) is 19.2. The Balaban J connectivity index is 1.27. The van der Waals surface area contributed by atoms with Gasteiger partial charge >= 0.3 is 12.1 Å². The minimum Gasteiger partial charge on any atom is -0.479 e. The Morgan fingerprint density at radius 3 is 2.29 bits per heavy atom. The number of carboxylic acid groups (broad SMARTS) is 1. The number of fused-ring (bicyclic) bond motifs is 3. The van der Waals surface area contributed by atoms with Crippen LogP contribution >= 0.6 is 0 Å². The van der Waals surface area contributed by atoms with Crippen LogP contribution in [0.5, 0.6) is 0 Å². The summed E-state index contributed by atoms with van der Waals surface area (Å²) in [5, 5.41) is 14.7. The summed E-state index contributed by atoms with van der Waals surface area (Å²) in [6.45, 7) is 4.47. The van der Waals surface area contributed by atoms with Crippen molar-refractivity contribution < 1.29 is 29.0 Å². The van der Waals surface area contributed by atoms with E-state index in [1.165, 1.54) is 0 Å². The predicted octanol–water partition coefficient (Wildman–Crippen LogP) is 3.30. The second-order valence-electron chi connectivity index (χ2n) is 9.61. The van der Waals surface area contributed by atoms with E-state index in [4.69, 9.17) is 9.47 Å². The van der Waals surface area contributed by atoms with Crippen molar-refractivity contribution in [2.45, 2.75) is 44.8 Å². The summed E-state index contributed by atoms with van der Waals surface area (Å²) >= 11 is 0. The minimum atomic E-state index is -1.08. The first-order chi connectivity index (χ1) is 16.2. The van der Waals surface area contributed by atoms with Crippen LogP contribution in [0.4, 0.5) is 4.79 Å². The molecule has 2 aliphatic rings. The molecule has 2 aromatic rings. The van der Waals surface area contributed by atoms with Gasteiger partial charge in [0.1, 0.15) is 6.61 Å². The molecule has 0 aromatic heterocycles. The van der Waals surface area contributed by atoms with Crippen LogP contribution in [0.2, 0.25) is 0 Å².